The van der Waals surface area contributed by atoms with Crippen molar-refractivity contribution in [3.63, 3.8) is 0 Å². The summed E-state index contributed by atoms with van der Waals surface area (Å²) in [6.45, 7) is 0. The fourth-order valence-corrected chi connectivity index (χ4v) is 5.22. The number of rotatable bonds is 3. The monoisotopic (exact) mass is 338 g/mol. The number of allylic oxidation sites excluding steroid dienone is 12. The summed E-state index contributed by atoms with van der Waals surface area (Å²) in [5, 5.41) is 0. The highest BCUT2D eigenvalue weighted by molar-refractivity contribution is 5.52. The molecular formula is C26H26. The van der Waals surface area contributed by atoms with Gasteiger partial charge in [0, 0.05) is 11.8 Å². The molecule has 1 aromatic rings. The zero-order valence-electron chi connectivity index (χ0n) is 15.3. The molecule has 0 N–H and O–H groups in total. The van der Waals surface area contributed by atoms with Crippen molar-refractivity contribution in [1.29, 1.82) is 0 Å². The Bertz CT molecular complexity index is 884. The summed E-state index contributed by atoms with van der Waals surface area (Å²) < 4.78 is 0. The first-order valence-corrected chi connectivity index (χ1v) is 10.1. The molecule has 0 saturated heterocycles. The number of fused-ring (bicyclic) bond motifs is 3. The van der Waals surface area contributed by atoms with Crippen molar-refractivity contribution in [1.82, 2.24) is 0 Å². The summed E-state index contributed by atoms with van der Waals surface area (Å²) in [6, 6.07) is 9.03. The predicted octanol–water partition coefficient (Wildman–Crippen LogP) is 6.61. The zero-order valence-corrected chi connectivity index (χ0v) is 15.3. The summed E-state index contributed by atoms with van der Waals surface area (Å²) in [5.41, 5.74) is 7.92. The van der Waals surface area contributed by atoms with Crippen molar-refractivity contribution in [2.45, 2.75) is 38.0 Å². The second-order valence-corrected chi connectivity index (χ2v) is 7.99. The van der Waals surface area contributed by atoms with Gasteiger partial charge in [-0.05, 0) is 54.7 Å². The van der Waals surface area contributed by atoms with Crippen molar-refractivity contribution in [3.8, 4) is 0 Å². The van der Waals surface area contributed by atoms with Crippen LogP contribution in [0.5, 0.6) is 0 Å². The normalized spacial score (nSPS) is 27.3. The molecule has 1 aromatic carbocycles. The van der Waals surface area contributed by atoms with Crippen molar-refractivity contribution in [3.05, 3.63) is 107 Å². The van der Waals surface area contributed by atoms with Gasteiger partial charge in [0.1, 0.15) is 0 Å². The van der Waals surface area contributed by atoms with E-state index in [2.05, 4.69) is 78.9 Å². The summed E-state index contributed by atoms with van der Waals surface area (Å²) in [5.74, 6) is 1.76. The van der Waals surface area contributed by atoms with Gasteiger partial charge in [-0.25, -0.2) is 0 Å². The standard InChI is InChI=1S/C26H26/c1-3-9-19(10-4-1)26(20-11-5-2-6-12-20)22-15-16-25-23(18-22)17-21-13-7-8-14-24(21)25/h1-5,7-9,11,13-15,18-19,25-26H,6,10,12,16-17H2. The third kappa shape index (κ3) is 2.78. The highest BCUT2D eigenvalue weighted by atomic mass is 14.4. The molecule has 0 radical (unpaired) electrons. The second kappa shape index (κ2) is 6.76. The molecule has 0 nitrogen and oxygen atoms in total. The average Bonchev–Trinajstić information content (AvgIpc) is 3.08. The Labute approximate surface area is 157 Å². The Morgan fingerprint density at radius 2 is 1.92 bits per heavy atom. The predicted molar refractivity (Wildman–Crippen MR) is 110 cm³/mol. The molecule has 0 heteroatoms. The van der Waals surface area contributed by atoms with Crippen LogP contribution >= 0.6 is 0 Å². The van der Waals surface area contributed by atoms with Crippen molar-refractivity contribution >= 4 is 0 Å². The molecule has 26 heavy (non-hydrogen) atoms. The third-order valence-corrected chi connectivity index (χ3v) is 6.46. The van der Waals surface area contributed by atoms with Gasteiger partial charge >= 0.3 is 0 Å². The van der Waals surface area contributed by atoms with Gasteiger partial charge in [-0.15, -0.1) is 0 Å². The molecule has 0 aliphatic heterocycles. The second-order valence-electron chi connectivity index (χ2n) is 7.99. The molecule has 5 rings (SSSR count). The lowest BCUT2D eigenvalue weighted by Gasteiger charge is -2.32. The van der Waals surface area contributed by atoms with E-state index in [-0.39, 0.29) is 0 Å². The minimum Gasteiger partial charge on any atom is -0.0842 e. The zero-order chi connectivity index (χ0) is 17.3. The van der Waals surface area contributed by atoms with Crippen LogP contribution in [-0.2, 0) is 6.42 Å². The Kier molecular flexibility index (Phi) is 4.13. The largest absolute Gasteiger partial charge is 0.0842 e. The molecule has 0 spiro atoms. The van der Waals surface area contributed by atoms with Crippen LogP contribution < -0.4 is 0 Å². The minimum absolute atomic E-state index is 0.540. The topological polar surface area (TPSA) is 0 Å². The van der Waals surface area contributed by atoms with E-state index in [0.29, 0.717) is 17.8 Å². The van der Waals surface area contributed by atoms with Crippen LogP contribution in [-0.4, -0.2) is 0 Å². The molecule has 0 fully saturated rings. The number of hydrogen-bond acceptors (Lipinski definition) is 0. The van der Waals surface area contributed by atoms with Crippen molar-refractivity contribution < 1.29 is 0 Å². The van der Waals surface area contributed by atoms with E-state index in [1.807, 2.05) is 0 Å². The molecule has 3 unspecified atom stereocenters. The first-order chi connectivity index (χ1) is 12.9. The lowest BCUT2D eigenvalue weighted by Crippen LogP contribution is -2.20. The summed E-state index contributed by atoms with van der Waals surface area (Å²) in [7, 11) is 0. The molecule has 0 bridgehead atoms. The van der Waals surface area contributed by atoms with Crippen LogP contribution in [0.15, 0.2) is 95.7 Å². The molecule has 4 aliphatic rings. The number of hydrogen-bond donors (Lipinski definition) is 0. The van der Waals surface area contributed by atoms with Crippen LogP contribution in [0.25, 0.3) is 0 Å². The third-order valence-electron chi connectivity index (χ3n) is 6.46. The van der Waals surface area contributed by atoms with Crippen molar-refractivity contribution in [2.75, 3.05) is 0 Å². The van der Waals surface area contributed by atoms with Crippen LogP contribution in [0.3, 0.4) is 0 Å². The molecular weight excluding hydrogens is 312 g/mol. The number of benzene rings is 1. The van der Waals surface area contributed by atoms with Crippen LogP contribution in [0.2, 0.25) is 0 Å². The van der Waals surface area contributed by atoms with Crippen LogP contribution in [0.1, 0.15) is 42.7 Å². The Balaban J connectivity index is 1.49. The van der Waals surface area contributed by atoms with Crippen LogP contribution in [0.4, 0.5) is 0 Å². The Morgan fingerprint density at radius 1 is 0.962 bits per heavy atom. The maximum Gasteiger partial charge on any atom is 0.0114 e. The van der Waals surface area contributed by atoms with E-state index in [9.17, 15) is 0 Å². The van der Waals surface area contributed by atoms with Gasteiger partial charge < -0.3 is 0 Å². The minimum atomic E-state index is 0.540. The quantitative estimate of drug-likeness (QED) is 0.582. The van der Waals surface area contributed by atoms with Gasteiger partial charge in [0.05, 0.1) is 0 Å². The SMILES string of the molecule is C1=CCCC(C(C2=CCC3C(=C2)Cc2ccccc23)C2C=CC=CC2)=C1. The van der Waals surface area contributed by atoms with E-state index < -0.39 is 0 Å². The van der Waals surface area contributed by atoms with E-state index >= 15 is 0 Å². The van der Waals surface area contributed by atoms with Gasteiger partial charge in [0.2, 0.25) is 0 Å². The highest BCUT2D eigenvalue weighted by Crippen LogP contribution is 2.46. The van der Waals surface area contributed by atoms with E-state index in [0.717, 1.165) is 12.8 Å². The van der Waals surface area contributed by atoms with Gasteiger partial charge in [-0.2, -0.15) is 0 Å². The van der Waals surface area contributed by atoms with Crippen molar-refractivity contribution in [2.24, 2.45) is 11.8 Å². The smallest absolute Gasteiger partial charge is 0.0114 e. The highest BCUT2D eigenvalue weighted by Gasteiger charge is 2.32. The fraction of sp³-hybridized carbons (Fsp3) is 0.308. The lowest BCUT2D eigenvalue weighted by molar-refractivity contribution is 0.500. The lowest BCUT2D eigenvalue weighted by atomic mass is 9.72. The maximum absolute atomic E-state index is 2.56. The maximum atomic E-state index is 2.56. The van der Waals surface area contributed by atoms with Gasteiger partial charge in [0.25, 0.3) is 0 Å². The first-order valence-electron chi connectivity index (χ1n) is 10.1. The molecule has 0 saturated carbocycles. The fourth-order valence-electron chi connectivity index (χ4n) is 5.22. The first kappa shape index (κ1) is 15.9. The summed E-state index contributed by atoms with van der Waals surface area (Å²) in [4.78, 5) is 0. The van der Waals surface area contributed by atoms with E-state index in [1.165, 1.54) is 24.8 Å². The molecule has 3 atom stereocenters. The molecule has 0 aromatic heterocycles. The summed E-state index contributed by atoms with van der Waals surface area (Å²) in [6.07, 6.45) is 27.1. The molecule has 130 valence electrons. The Morgan fingerprint density at radius 3 is 2.77 bits per heavy atom. The van der Waals surface area contributed by atoms with Gasteiger partial charge in [0.15, 0.2) is 0 Å². The van der Waals surface area contributed by atoms with E-state index in [1.54, 1.807) is 22.3 Å². The molecule has 0 heterocycles. The van der Waals surface area contributed by atoms with Crippen LogP contribution in [0, 0.1) is 11.8 Å². The Hall–Kier alpha value is -2.34. The summed E-state index contributed by atoms with van der Waals surface area (Å²) >= 11 is 0. The average molecular weight is 338 g/mol. The molecule has 0 amide bonds. The van der Waals surface area contributed by atoms with Gasteiger partial charge in [-0.1, -0.05) is 90.1 Å². The molecule has 4 aliphatic carbocycles. The van der Waals surface area contributed by atoms with Gasteiger partial charge in [-0.3, -0.25) is 0 Å². The van der Waals surface area contributed by atoms with E-state index in [4.69, 9.17) is 0 Å².